The summed E-state index contributed by atoms with van der Waals surface area (Å²) in [6, 6.07) is 11.3. The van der Waals surface area contributed by atoms with Crippen LogP contribution >= 0.6 is 0 Å². The predicted molar refractivity (Wildman–Crippen MR) is 196 cm³/mol. The molecular formula is C38H39F4N7O6. The van der Waals surface area contributed by atoms with Crippen LogP contribution in [-0.4, -0.2) is 117 Å². The number of ether oxygens (including phenoxy) is 3. The average molecular weight is 766 g/mol. The van der Waals surface area contributed by atoms with Gasteiger partial charge in [-0.25, -0.2) is 9.40 Å². The van der Waals surface area contributed by atoms with Gasteiger partial charge in [-0.2, -0.15) is 18.3 Å². The summed E-state index contributed by atoms with van der Waals surface area (Å²) in [5.74, 6) is -0.764. The van der Waals surface area contributed by atoms with E-state index in [0.717, 1.165) is 68.4 Å². The number of nitrogens with zero attached hydrogens (tertiary/aromatic N) is 6. The third kappa shape index (κ3) is 8.85. The third-order valence-corrected chi connectivity index (χ3v) is 9.39. The second-order valence-electron chi connectivity index (χ2n) is 13.1. The van der Waals surface area contributed by atoms with Gasteiger partial charge in [-0.1, -0.05) is 6.07 Å². The number of nitrogens with one attached hydrogen (secondary N) is 1. The standard InChI is InChI=1S/C38H39F4N7O6/c1-46-13-15-48(16-14-46)12-5-17-54-34-21-29-27(20-33(34)53-3)31(10-11-43-29)55-32-9-8-25(19-28(32)39)44-37(52)36-30(22-50)47(2)35(23-51)49(45-36)26-7-4-6-24(18-26)38(40,41)42/h4,6-11,18-23,30,35H,5,12-17H2,1-3H3,(H,44,52). The largest absolute Gasteiger partial charge is 0.493 e. The van der Waals surface area contributed by atoms with E-state index in [1.54, 1.807) is 18.2 Å². The minimum atomic E-state index is -4.69. The van der Waals surface area contributed by atoms with E-state index < -0.39 is 41.4 Å². The normalized spacial score (nSPS) is 18.5. The first-order chi connectivity index (χ1) is 26.4. The molecule has 6 rings (SSSR count). The Labute approximate surface area is 314 Å². The number of fused-ring (bicyclic) bond motifs is 1. The maximum absolute atomic E-state index is 15.5. The van der Waals surface area contributed by atoms with Gasteiger partial charge in [0.2, 0.25) is 0 Å². The first-order valence-corrected chi connectivity index (χ1v) is 17.4. The fourth-order valence-electron chi connectivity index (χ4n) is 6.30. The lowest BCUT2D eigenvalue weighted by Crippen LogP contribution is -2.60. The molecule has 55 heavy (non-hydrogen) atoms. The van der Waals surface area contributed by atoms with Crippen molar-refractivity contribution in [3.05, 3.63) is 78.2 Å². The Balaban J connectivity index is 1.17. The van der Waals surface area contributed by atoms with Crippen LogP contribution in [0, 0.1) is 5.82 Å². The molecule has 0 saturated carbocycles. The van der Waals surface area contributed by atoms with Gasteiger partial charge in [0.05, 0.1) is 30.5 Å². The number of likely N-dealkylation sites (N-methyl/N-ethyl adjacent to an activating group) is 2. The number of carbonyl (C=O) groups excluding carboxylic acids is 3. The topological polar surface area (TPSA) is 129 Å². The molecule has 17 heteroatoms. The number of alkyl halides is 3. The zero-order valence-electron chi connectivity index (χ0n) is 30.3. The summed E-state index contributed by atoms with van der Waals surface area (Å²) < 4.78 is 73.5. The third-order valence-electron chi connectivity index (χ3n) is 9.39. The Morgan fingerprint density at radius 3 is 2.42 bits per heavy atom. The smallest absolute Gasteiger partial charge is 0.416 e. The van der Waals surface area contributed by atoms with Crippen LogP contribution in [0.3, 0.4) is 0 Å². The summed E-state index contributed by atoms with van der Waals surface area (Å²) in [5, 5.41) is 8.04. The predicted octanol–water partition coefficient (Wildman–Crippen LogP) is 5.05. The van der Waals surface area contributed by atoms with Crippen molar-refractivity contribution in [1.29, 1.82) is 0 Å². The van der Waals surface area contributed by atoms with Crippen LogP contribution in [0.4, 0.5) is 28.9 Å². The van der Waals surface area contributed by atoms with E-state index in [2.05, 4.69) is 32.2 Å². The number of halogens is 4. The zero-order valence-corrected chi connectivity index (χ0v) is 30.3. The lowest BCUT2D eigenvalue weighted by Gasteiger charge is -2.40. The van der Waals surface area contributed by atoms with Crippen LogP contribution in [0.1, 0.15) is 12.0 Å². The van der Waals surface area contributed by atoms with Crippen LogP contribution in [0.5, 0.6) is 23.0 Å². The Bertz CT molecular complexity index is 2080. The van der Waals surface area contributed by atoms with Gasteiger partial charge in [0.25, 0.3) is 5.91 Å². The minimum Gasteiger partial charge on any atom is -0.493 e. The number of aromatic nitrogens is 1. The number of hydrogen-bond donors (Lipinski definition) is 1. The molecule has 3 aromatic carbocycles. The van der Waals surface area contributed by atoms with Gasteiger partial charge in [0, 0.05) is 62.1 Å². The Hall–Kier alpha value is -5.65. The number of amides is 1. The molecule has 2 unspecified atom stereocenters. The van der Waals surface area contributed by atoms with Gasteiger partial charge in [-0.15, -0.1) is 0 Å². The zero-order chi connectivity index (χ0) is 39.3. The van der Waals surface area contributed by atoms with E-state index in [1.165, 1.54) is 43.5 Å². The van der Waals surface area contributed by atoms with Crippen LogP contribution in [0.25, 0.3) is 10.9 Å². The number of carbonyl (C=O) groups is 3. The average Bonchev–Trinajstić information content (AvgIpc) is 3.17. The lowest BCUT2D eigenvalue weighted by molar-refractivity contribution is -0.137. The molecule has 1 amide bonds. The number of hydrazone groups is 1. The fourth-order valence-corrected chi connectivity index (χ4v) is 6.30. The number of aldehydes is 2. The van der Waals surface area contributed by atoms with Crippen molar-refractivity contribution in [2.24, 2.45) is 5.10 Å². The summed E-state index contributed by atoms with van der Waals surface area (Å²) in [5.41, 5.74) is -1.11. The Morgan fingerprint density at radius 1 is 0.945 bits per heavy atom. The number of methoxy groups -OCH3 is 1. The molecule has 2 aliphatic rings. The second-order valence-corrected chi connectivity index (χ2v) is 13.1. The first kappa shape index (κ1) is 39.1. The maximum Gasteiger partial charge on any atom is 0.416 e. The van der Waals surface area contributed by atoms with Crippen molar-refractivity contribution in [1.82, 2.24) is 19.7 Å². The van der Waals surface area contributed by atoms with Crippen molar-refractivity contribution in [3.63, 3.8) is 0 Å². The van der Waals surface area contributed by atoms with Crippen LogP contribution in [0.2, 0.25) is 0 Å². The van der Waals surface area contributed by atoms with Crippen molar-refractivity contribution in [3.8, 4) is 23.0 Å². The van der Waals surface area contributed by atoms with Gasteiger partial charge >= 0.3 is 6.18 Å². The molecule has 4 aromatic rings. The molecule has 1 N–H and O–H groups in total. The molecular weight excluding hydrogens is 726 g/mol. The maximum atomic E-state index is 15.5. The van der Waals surface area contributed by atoms with Crippen LogP contribution in [-0.2, 0) is 20.6 Å². The monoisotopic (exact) mass is 765 g/mol. The van der Waals surface area contributed by atoms with Gasteiger partial charge < -0.3 is 34.1 Å². The quantitative estimate of drug-likeness (QED) is 0.112. The van der Waals surface area contributed by atoms with Gasteiger partial charge in [-0.3, -0.25) is 19.5 Å². The molecule has 0 radical (unpaired) electrons. The summed E-state index contributed by atoms with van der Waals surface area (Å²) in [6.07, 6.45) is -2.91. The number of benzene rings is 3. The summed E-state index contributed by atoms with van der Waals surface area (Å²) in [7, 11) is 4.97. The summed E-state index contributed by atoms with van der Waals surface area (Å²) in [4.78, 5) is 47.9. The number of rotatable bonds is 13. The number of pyridine rings is 1. The van der Waals surface area contributed by atoms with Crippen molar-refractivity contribution < 1.29 is 46.2 Å². The van der Waals surface area contributed by atoms with E-state index >= 15 is 4.39 Å². The molecule has 13 nitrogen and oxygen atoms in total. The highest BCUT2D eigenvalue weighted by molar-refractivity contribution is 6.47. The molecule has 0 aliphatic carbocycles. The highest BCUT2D eigenvalue weighted by Crippen LogP contribution is 2.38. The first-order valence-electron chi connectivity index (χ1n) is 17.4. The van der Waals surface area contributed by atoms with Gasteiger partial charge in [0.1, 0.15) is 18.1 Å². The van der Waals surface area contributed by atoms with Gasteiger partial charge in [0.15, 0.2) is 41.2 Å². The fraction of sp³-hybridized carbons (Fsp3) is 0.342. The van der Waals surface area contributed by atoms with E-state index in [9.17, 15) is 27.6 Å². The molecule has 0 bridgehead atoms. The molecule has 1 fully saturated rings. The second kappa shape index (κ2) is 16.8. The van der Waals surface area contributed by atoms with Crippen molar-refractivity contribution in [2.45, 2.75) is 24.8 Å². The van der Waals surface area contributed by atoms with Crippen LogP contribution < -0.4 is 24.5 Å². The molecule has 1 saturated heterocycles. The lowest BCUT2D eigenvalue weighted by atomic mass is 10.1. The Kier molecular flexibility index (Phi) is 11.9. The molecule has 1 aromatic heterocycles. The van der Waals surface area contributed by atoms with E-state index in [0.29, 0.717) is 41.6 Å². The summed E-state index contributed by atoms with van der Waals surface area (Å²) in [6.45, 7) is 5.52. The highest BCUT2D eigenvalue weighted by Gasteiger charge is 2.40. The highest BCUT2D eigenvalue weighted by atomic mass is 19.4. The van der Waals surface area contributed by atoms with Crippen molar-refractivity contribution in [2.75, 3.05) is 70.9 Å². The SMILES string of the molecule is COc1cc2c(Oc3ccc(NC(=O)C4=NN(c5cccc(C(F)(F)F)c5)C(C=O)N(C)C4C=O)cc3F)ccnc2cc1OCCCN1CCN(C)CC1. The van der Waals surface area contributed by atoms with E-state index in [-0.39, 0.29) is 22.9 Å². The molecule has 3 heterocycles. The molecule has 290 valence electrons. The Morgan fingerprint density at radius 2 is 1.73 bits per heavy atom. The molecule has 2 atom stereocenters. The molecule has 0 spiro atoms. The summed E-state index contributed by atoms with van der Waals surface area (Å²) >= 11 is 0. The van der Waals surface area contributed by atoms with E-state index in [4.69, 9.17) is 14.2 Å². The minimum absolute atomic E-state index is 0.0383. The van der Waals surface area contributed by atoms with Gasteiger partial charge in [-0.05, 0) is 63.0 Å². The van der Waals surface area contributed by atoms with E-state index in [1.807, 2.05) is 0 Å². The molecule has 2 aliphatic heterocycles. The van der Waals surface area contributed by atoms with Crippen molar-refractivity contribution >= 4 is 46.5 Å². The van der Waals surface area contributed by atoms with Crippen LogP contribution in [0.15, 0.2) is 72.0 Å². The number of hydrogen-bond acceptors (Lipinski definition) is 12. The number of piperazine rings is 1. The number of anilines is 2.